The Morgan fingerprint density at radius 3 is 2.76 bits per heavy atom. The second-order valence-electron chi connectivity index (χ2n) is 6.14. The summed E-state index contributed by atoms with van der Waals surface area (Å²) >= 11 is 0. The lowest BCUT2D eigenvalue weighted by Crippen LogP contribution is -2.39. The zero-order chi connectivity index (χ0) is 12.6. The molecule has 0 spiro atoms. The quantitative estimate of drug-likeness (QED) is 0.742. The summed E-state index contributed by atoms with van der Waals surface area (Å²) in [5, 5.41) is 9.24. The van der Waals surface area contributed by atoms with Crippen molar-refractivity contribution in [3.05, 3.63) is 11.6 Å². The van der Waals surface area contributed by atoms with E-state index in [4.69, 9.17) is 0 Å². The van der Waals surface area contributed by atoms with Crippen molar-refractivity contribution < 1.29 is 9.90 Å². The van der Waals surface area contributed by atoms with Crippen molar-refractivity contribution >= 4 is 5.97 Å². The number of carbonyl (C=O) groups is 1. The third kappa shape index (κ3) is 2.41. The van der Waals surface area contributed by atoms with Crippen LogP contribution in [0.1, 0.15) is 46.5 Å². The Morgan fingerprint density at radius 2 is 2.12 bits per heavy atom. The third-order valence-electron chi connectivity index (χ3n) is 5.06. The first-order valence-corrected chi connectivity index (χ1v) is 6.90. The highest BCUT2D eigenvalue weighted by atomic mass is 16.4. The molecule has 5 atom stereocenters. The number of fused-ring (bicyclic) bond motifs is 1. The molecule has 0 radical (unpaired) electrons. The van der Waals surface area contributed by atoms with E-state index in [1.807, 2.05) is 6.92 Å². The minimum Gasteiger partial charge on any atom is -0.481 e. The molecule has 96 valence electrons. The highest BCUT2D eigenvalue weighted by Crippen LogP contribution is 2.47. The second kappa shape index (κ2) is 4.83. The van der Waals surface area contributed by atoms with Crippen molar-refractivity contribution in [2.24, 2.45) is 29.6 Å². The van der Waals surface area contributed by atoms with Crippen LogP contribution in [0.4, 0.5) is 0 Å². The summed E-state index contributed by atoms with van der Waals surface area (Å²) in [6.45, 7) is 6.42. The van der Waals surface area contributed by atoms with Crippen LogP contribution in [0.5, 0.6) is 0 Å². The van der Waals surface area contributed by atoms with Gasteiger partial charge in [-0.3, -0.25) is 4.79 Å². The van der Waals surface area contributed by atoms with E-state index in [2.05, 4.69) is 19.9 Å². The van der Waals surface area contributed by atoms with Gasteiger partial charge in [0.1, 0.15) is 0 Å². The van der Waals surface area contributed by atoms with Crippen LogP contribution in [0.2, 0.25) is 0 Å². The Labute approximate surface area is 104 Å². The largest absolute Gasteiger partial charge is 0.481 e. The molecular weight excluding hydrogens is 212 g/mol. The van der Waals surface area contributed by atoms with Gasteiger partial charge in [-0.05, 0) is 49.9 Å². The number of hydrogen-bond acceptors (Lipinski definition) is 1. The Hall–Kier alpha value is -0.790. The maximum Gasteiger partial charge on any atom is 0.306 e. The summed E-state index contributed by atoms with van der Waals surface area (Å²) in [6.07, 6.45) is 7.14. The molecule has 2 heteroatoms. The number of aliphatic carboxylic acids is 1. The molecule has 0 heterocycles. The molecule has 0 bridgehead atoms. The first kappa shape index (κ1) is 12.7. The summed E-state index contributed by atoms with van der Waals surface area (Å²) in [5.41, 5.74) is 1.46. The fraction of sp³-hybridized carbons (Fsp3) is 0.800. The van der Waals surface area contributed by atoms with Gasteiger partial charge < -0.3 is 5.11 Å². The Morgan fingerprint density at radius 1 is 1.41 bits per heavy atom. The maximum absolute atomic E-state index is 11.2. The average molecular weight is 236 g/mol. The lowest BCUT2D eigenvalue weighted by atomic mass is 9.60. The Bertz CT molecular complexity index is 332. The molecule has 17 heavy (non-hydrogen) atoms. The second-order valence-corrected chi connectivity index (χ2v) is 6.14. The summed E-state index contributed by atoms with van der Waals surface area (Å²) in [5.74, 6) is 1.53. The molecule has 0 saturated heterocycles. The molecule has 2 aliphatic rings. The monoisotopic (exact) mass is 236 g/mol. The van der Waals surface area contributed by atoms with Crippen molar-refractivity contribution in [3.63, 3.8) is 0 Å². The van der Waals surface area contributed by atoms with Crippen LogP contribution < -0.4 is 0 Å². The molecule has 0 aromatic rings. The van der Waals surface area contributed by atoms with Gasteiger partial charge in [0, 0.05) is 0 Å². The number of carboxylic acids is 1. The van der Waals surface area contributed by atoms with Gasteiger partial charge in [-0.15, -0.1) is 0 Å². The maximum atomic E-state index is 11.2. The molecular formula is C15H24O2. The van der Waals surface area contributed by atoms with Gasteiger partial charge in [0.25, 0.3) is 0 Å². The molecule has 0 aromatic carbocycles. The van der Waals surface area contributed by atoms with Crippen molar-refractivity contribution in [3.8, 4) is 0 Å². The number of allylic oxidation sites excluding steroid dienone is 2. The standard InChI is InChI=1S/C15H24O2/c1-9-4-6-12-10(2)5-7-13(14(12)8-9)11(3)15(16)17/h8,10-14H,4-7H2,1-3H3,(H,16,17)/t10-,11?,12+,13+,14+/m1/s1. The summed E-state index contributed by atoms with van der Waals surface area (Å²) in [6, 6.07) is 0. The fourth-order valence-corrected chi connectivity index (χ4v) is 3.86. The van der Waals surface area contributed by atoms with Crippen LogP contribution in [-0.2, 0) is 4.79 Å². The Kier molecular flexibility index (Phi) is 3.60. The molecule has 0 aromatic heterocycles. The molecule has 1 saturated carbocycles. The highest BCUT2D eigenvalue weighted by molar-refractivity contribution is 5.70. The van der Waals surface area contributed by atoms with Gasteiger partial charge in [-0.25, -0.2) is 0 Å². The van der Waals surface area contributed by atoms with E-state index in [9.17, 15) is 9.90 Å². The van der Waals surface area contributed by atoms with Crippen LogP contribution >= 0.6 is 0 Å². The molecule has 1 unspecified atom stereocenters. The third-order valence-corrected chi connectivity index (χ3v) is 5.06. The van der Waals surface area contributed by atoms with Gasteiger partial charge in [0.2, 0.25) is 0 Å². The lowest BCUT2D eigenvalue weighted by molar-refractivity contribution is -0.144. The molecule has 2 nitrogen and oxygen atoms in total. The Balaban J connectivity index is 2.22. The van der Waals surface area contributed by atoms with Gasteiger partial charge in [0.15, 0.2) is 0 Å². The molecule has 2 rings (SSSR count). The summed E-state index contributed by atoms with van der Waals surface area (Å²) < 4.78 is 0. The molecule has 0 aliphatic heterocycles. The van der Waals surface area contributed by atoms with E-state index in [1.54, 1.807) is 0 Å². The first-order valence-electron chi connectivity index (χ1n) is 6.90. The van der Waals surface area contributed by atoms with E-state index >= 15 is 0 Å². The summed E-state index contributed by atoms with van der Waals surface area (Å²) in [7, 11) is 0. The number of hydrogen-bond donors (Lipinski definition) is 1. The lowest BCUT2D eigenvalue weighted by Gasteiger charge is -2.44. The molecule has 1 fully saturated rings. The number of rotatable bonds is 2. The SMILES string of the molecule is CC1=C[C@H]2[C@@H](CC1)[C@H](C)CC[C@H]2C(C)C(=O)O. The van der Waals surface area contributed by atoms with Crippen molar-refractivity contribution in [1.29, 1.82) is 0 Å². The molecule has 2 aliphatic carbocycles. The smallest absolute Gasteiger partial charge is 0.306 e. The zero-order valence-corrected chi connectivity index (χ0v) is 11.1. The van der Waals surface area contributed by atoms with Crippen LogP contribution in [0, 0.1) is 29.6 Å². The average Bonchev–Trinajstić information content (AvgIpc) is 2.28. The fourth-order valence-electron chi connectivity index (χ4n) is 3.86. The molecule has 0 amide bonds. The minimum absolute atomic E-state index is 0.197. The van der Waals surface area contributed by atoms with E-state index in [0.717, 1.165) is 18.3 Å². The van der Waals surface area contributed by atoms with Gasteiger partial charge in [-0.2, -0.15) is 0 Å². The summed E-state index contributed by atoms with van der Waals surface area (Å²) in [4.78, 5) is 11.2. The topological polar surface area (TPSA) is 37.3 Å². The zero-order valence-electron chi connectivity index (χ0n) is 11.1. The van der Waals surface area contributed by atoms with Gasteiger partial charge in [0.05, 0.1) is 5.92 Å². The van der Waals surface area contributed by atoms with Crippen LogP contribution in [-0.4, -0.2) is 11.1 Å². The minimum atomic E-state index is -0.625. The van der Waals surface area contributed by atoms with Crippen LogP contribution in [0.25, 0.3) is 0 Å². The first-order chi connectivity index (χ1) is 8.00. The van der Waals surface area contributed by atoms with Crippen molar-refractivity contribution in [1.82, 2.24) is 0 Å². The van der Waals surface area contributed by atoms with Gasteiger partial charge in [-0.1, -0.05) is 31.9 Å². The molecule has 1 N–H and O–H groups in total. The van der Waals surface area contributed by atoms with Crippen LogP contribution in [0.15, 0.2) is 11.6 Å². The van der Waals surface area contributed by atoms with Gasteiger partial charge >= 0.3 is 5.97 Å². The predicted molar refractivity (Wildman–Crippen MR) is 68.7 cm³/mol. The van der Waals surface area contributed by atoms with E-state index < -0.39 is 5.97 Å². The van der Waals surface area contributed by atoms with E-state index in [-0.39, 0.29) is 5.92 Å². The number of carboxylic acid groups (broad SMARTS) is 1. The van der Waals surface area contributed by atoms with Crippen molar-refractivity contribution in [2.75, 3.05) is 0 Å². The van der Waals surface area contributed by atoms with Crippen LogP contribution in [0.3, 0.4) is 0 Å². The predicted octanol–water partition coefficient (Wildman–Crippen LogP) is 3.73. The van der Waals surface area contributed by atoms with Crippen molar-refractivity contribution in [2.45, 2.75) is 46.5 Å². The van der Waals surface area contributed by atoms with E-state index in [1.165, 1.54) is 24.8 Å². The van der Waals surface area contributed by atoms with E-state index in [0.29, 0.717) is 11.8 Å². The highest BCUT2D eigenvalue weighted by Gasteiger charge is 2.41. The normalized spacial score (nSPS) is 39.1.